The Balaban J connectivity index is 2.03. The lowest BCUT2D eigenvalue weighted by Gasteiger charge is -2.10. The van der Waals surface area contributed by atoms with Gasteiger partial charge in [0.25, 0.3) is 0 Å². The number of carbonyl (C=O) groups is 2. The highest BCUT2D eigenvalue weighted by Crippen LogP contribution is 2.48. The van der Waals surface area contributed by atoms with Crippen molar-refractivity contribution in [3.05, 3.63) is 35.4 Å². The Labute approximate surface area is 104 Å². The maximum absolute atomic E-state index is 11.1. The highest BCUT2D eigenvalue weighted by Gasteiger charge is 2.49. The Morgan fingerprint density at radius 3 is 2.44 bits per heavy atom. The van der Waals surface area contributed by atoms with E-state index < -0.39 is 17.5 Å². The number of benzene rings is 1. The lowest BCUT2D eigenvalue weighted by atomic mass is 9.95. The van der Waals surface area contributed by atoms with Gasteiger partial charge in [-0.25, -0.2) is 4.79 Å². The van der Waals surface area contributed by atoms with Gasteiger partial charge < -0.3 is 15.5 Å². The van der Waals surface area contributed by atoms with Crippen molar-refractivity contribution in [2.75, 3.05) is 0 Å². The number of carboxylic acid groups (broad SMARTS) is 2. The molecule has 1 saturated carbocycles. The zero-order valence-electron chi connectivity index (χ0n) is 9.85. The molecular formula is C13H15NO4. The number of nitrogens with one attached hydrogen (secondary N) is 1. The number of hydrogen-bond acceptors (Lipinski definition) is 2. The van der Waals surface area contributed by atoms with Gasteiger partial charge in [-0.05, 0) is 30.4 Å². The average molecular weight is 249 g/mol. The fourth-order valence-electron chi connectivity index (χ4n) is 2.04. The lowest BCUT2D eigenvalue weighted by molar-refractivity contribution is -0.143. The molecule has 1 fully saturated rings. The maximum Gasteiger partial charge on any atom is 0.404 e. The molecule has 0 spiro atoms. The van der Waals surface area contributed by atoms with Crippen molar-refractivity contribution in [1.29, 1.82) is 0 Å². The van der Waals surface area contributed by atoms with E-state index in [1.807, 2.05) is 24.3 Å². The van der Waals surface area contributed by atoms with E-state index in [0.717, 1.165) is 24.0 Å². The minimum absolute atomic E-state index is 0.239. The molecule has 0 heterocycles. The zero-order valence-corrected chi connectivity index (χ0v) is 9.85. The van der Waals surface area contributed by atoms with Crippen LogP contribution in [0.3, 0.4) is 0 Å². The third-order valence-electron chi connectivity index (χ3n) is 3.28. The molecule has 1 aromatic rings. The normalized spacial score (nSPS) is 16.0. The van der Waals surface area contributed by atoms with Gasteiger partial charge in [0.2, 0.25) is 0 Å². The van der Waals surface area contributed by atoms with E-state index >= 15 is 0 Å². The smallest absolute Gasteiger partial charge is 0.404 e. The quantitative estimate of drug-likeness (QED) is 0.743. The van der Waals surface area contributed by atoms with Gasteiger partial charge in [0, 0.05) is 6.54 Å². The Hall–Kier alpha value is -2.04. The van der Waals surface area contributed by atoms with Gasteiger partial charge in [-0.1, -0.05) is 24.3 Å². The second kappa shape index (κ2) is 4.68. The topological polar surface area (TPSA) is 86.6 Å². The Morgan fingerprint density at radius 1 is 1.22 bits per heavy atom. The average Bonchev–Trinajstić information content (AvgIpc) is 3.08. The summed E-state index contributed by atoms with van der Waals surface area (Å²) in [6, 6.07) is 7.39. The number of carboxylic acids is 1. The molecule has 5 heteroatoms. The van der Waals surface area contributed by atoms with Gasteiger partial charge in [-0.15, -0.1) is 0 Å². The highest BCUT2D eigenvalue weighted by atomic mass is 16.4. The first kappa shape index (κ1) is 12.4. The largest absolute Gasteiger partial charge is 0.481 e. The van der Waals surface area contributed by atoms with Crippen LogP contribution in [-0.2, 0) is 17.8 Å². The van der Waals surface area contributed by atoms with Crippen LogP contribution in [0.15, 0.2) is 24.3 Å². The van der Waals surface area contributed by atoms with Crippen LogP contribution in [-0.4, -0.2) is 22.3 Å². The number of amides is 1. The van der Waals surface area contributed by atoms with Crippen molar-refractivity contribution in [2.24, 2.45) is 5.41 Å². The summed E-state index contributed by atoms with van der Waals surface area (Å²) in [6.07, 6.45) is 0.896. The van der Waals surface area contributed by atoms with E-state index in [1.165, 1.54) is 0 Å². The third kappa shape index (κ3) is 2.80. The Kier molecular flexibility index (Phi) is 3.23. The van der Waals surface area contributed by atoms with Crippen LogP contribution in [0.25, 0.3) is 0 Å². The standard InChI is InChI=1S/C13H15NO4/c15-11(16)13(4-5-13)7-9-2-1-3-10(6-9)8-14-12(17)18/h1-3,6,14H,4-5,7-8H2,(H,15,16)(H,17,18). The molecule has 18 heavy (non-hydrogen) atoms. The van der Waals surface area contributed by atoms with Crippen molar-refractivity contribution in [3.8, 4) is 0 Å². The van der Waals surface area contributed by atoms with Crippen molar-refractivity contribution in [2.45, 2.75) is 25.8 Å². The van der Waals surface area contributed by atoms with Crippen LogP contribution in [0, 0.1) is 5.41 Å². The zero-order chi connectivity index (χ0) is 13.2. The first-order valence-corrected chi connectivity index (χ1v) is 5.80. The molecule has 96 valence electrons. The van der Waals surface area contributed by atoms with Crippen LogP contribution < -0.4 is 5.32 Å². The predicted octanol–water partition coefficient (Wildman–Crippen LogP) is 1.86. The van der Waals surface area contributed by atoms with Gasteiger partial charge >= 0.3 is 12.1 Å². The number of hydrogen-bond donors (Lipinski definition) is 3. The van der Waals surface area contributed by atoms with Crippen LogP contribution in [0.2, 0.25) is 0 Å². The Morgan fingerprint density at radius 2 is 1.89 bits per heavy atom. The molecule has 0 aliphatic heterocycles. The van der Waals surface area contributed by atoms with Gasteiger partial charge in [0.1, 0.15) is 0 Å². The van der Waals surface area contributed by atoms with Crippen LogP contribution in [0.1, 0.15) is 24.0 Å². The van der Waals surface area contributed by atoms with E-state index in [1.54, 1.807) is 0 Å². The fraction of sp³-hybridized carbons (Fsp3) is 0.385. The summed E-state index contributed by atoms with van der Waals surface area (Å²) < 4.78 is 0. The minimum Gasteiger partial charge on any atom is -0.481 e. The number of rotatable bonds is 5. The monoisotopic (exact) mass is 249 g/mol. The summed E-state index contributed by atoms with van der Waals surface area (Å²) in [5, 5.41) is 19.9. The molecule has 0 unspecified atom stereocenters. The third-order valence-corrected chi connectivity index (χ3v) is 3.28. The van der Waals surface area contributed by atoms with Crippen molar-refractivity contribution in [3.63, 3.8) is 0 Å². The molecule has 1 aliphatic carbocycles. The predicted molar refractivity (Wildman–Crippen MR) is 64.3 cm³/mol. The lowest BCUT2D eigenvalue weighted by Crippen LogP contribution is -2.20. The maximum atomic E-state index is 11.1. The van der Waals surface area contributed by atoms with E-state index in [4.69, 9.17) is 10.2 Å². The van der Waals surface area contributed by atoms with Crippen LogP contribution in [0.4, 0.5) is 4.79 Å². The minimum atomic E-state index is -1.07. The summed E-state index contributed by atoms with van der Waals surface area (Å²) in [7, 11) is 0. The van der Waals surface area contributed by atoms with Crippen LogP contribution >= 0.6 is 0 Å². The molecular weight excluding hydrogens is 234 g/mol. The summed E-state index contributed by atoms with van der Waals surface area (Å²) in [5.41, 5.74) is 1.20. The van der Waals surface area contributed by atoms with Crippen molar-refractivity contribution < 1.29 is 19.8 Å². The SMILES string of the molecule is O=C(O)NCc1cccc(CC2(C(=O)O)CC2)c1. The molecule has 0 radical (unpaired) electrons. The molecule has 1 amide bonds. The van der Waals surface area contributed by atoms with Gasteiger partial charge in [0.05, 0.1) is 5.41 Å². The summed E-state index contributed by atoms with van der Waals surface area (Å²) >= 11 is 0. The first-order chi connectivity index (χ1) is 8.52. The summed E-state index contributed by atoms with van der Waals surface area (Å²) in [5.74, 6) is -0.739. The second-order valence-electron chi connectivity index (χ2n) is 4.74. The van der Waals surface area contributed by atoms with Crippen LogP contribution in [0.5, 0.6) is 0 Å². The van der Waals surface area contributed by atoms with Crippen molar-refractivity contribution in [1.82, 2.24) is 5.32 Å². The van der Waals surface area contributed by atoms with Gasteiger partial charge in [-0.3, -0.25) is 4.79 Å². The highest BCUT2D eigenvalue weighted by molar-refractivity contribution is 5.78. The second-order valence-corrected chi connectivity index (χ2v) is 4.74. The van der Waals surface area contributed by atoms with E-state index in [2.05, 4.69) is 5.32 Å². The fourth-order valence-corrected chi connectivity index (χ4v) is 2.04. The van der Waals surface area contributed by atoms with Gasteiger partial charge in [-0.2, -0.15) is 0 Å². The molecule has 0 atom stereocenters. The van der Waals surface area contributed by atoms with E-state index in [0.29, 0.717) is 6.42 Å². The number of aliphatic carboxylic acids is 1. The molecule has 2 rings (SSSR count). The molecule has 1 aliphatic rings. The van der Waals surface area contributed by atoms with E-state index in [9.17, 15) is 9.59 Å². The molecule has 1 aromatic carbocycles. The molecule has 5 nitrogen and oxygen atoms in total. The molecule has 3 N–H and O–H groups in total. The van der Waals surface area contributed by atoms with Gasteiger partial charge in [0.15, 0.2) is 0 Å². The molecule has 0 aromatic heterocycles. The van der Waals surface area contributed by atoms with E-state index in [-0.39, 0.29) is 6.54 Å². The molecule has 0 bridgehead atoms. The summed E-state index contributed by atoms with van der Waals surface area (Å²) in [6.45, 7) is 0.239. The summed E-state index contributed by atoms with van der Waals surface area (Å²) in [4.78, 5) is 21.5. The Bertz CT molecular complexity index is 480. The van der Waals surface area contributed by atoms with Crippen molar-refractivity contribution >= 4 is 12.1 Å². The molecule has 0 saturated heterocycles. The first-order valence-electron chi connectivity index (χ1n) is 5.80.